The van der Waals surface area contributed by atoms with Gasteiger partial charge in [0.1, 0.15) is 10.6 Å². The van der Waals surface area contributed by atoms with Crippen LogP contribution in [0.3, 0.4) is 0 Å². The first kappa shape index (κ1) is 13.3. The monoisotopic (exact) mass is 255 g/mol. The smallest absolute Gasteiger partial charge is 0.340 e. The number of hydrogen-bond acceptors (Lipinski definition) is 5. The lowest BCUT2D eigenvalue weighted by molar-refractivity contribution is -0.115. The van der Waals surface area contributed by atoms with Crippen molar-refractivity contribution >= 4 is 28.4 Å². The van der Waals surface area contributed by atoms with E-state index in [1.165, 1.54) is 0 Å². The van der Waals surface area contributed by atoms with E-state index in [1.54, 1.807) is 13.0 Å². The average molecular weight is 255 g/mol. The Morgan fingerprint density at radius 2 is 2.29 bits per heavy atom. The van der Waals surface area contributed by atoms with Crippen molar-refractivity contribution in [3.05, 3.63) is 23.9 Å². The average Bonchev–Trinajstić information content (AvgIpc) is 2.60. The molecule has 0 aliphatic heterocycles. The molecule has 1 amide bonds. The number of nitrogens with one attached hydrogen (secondary N) is 2. The third-order valence-electron chi connectivity index (χ3n) is 1.90. The molecule has 3 N–H and O–H groups in total. The number of hydrogen-bond donors (Lipinski definition) is 3. The summed E-state index contributed by atoms with van der Waals surface area (Å²) in [7, 11) is 0. The summed E-state index contributed by atoms with van der Waals surface area (Å²) in [6.45, 7) is 5.71. The molecule has 1 heterocycles. The van der Waals surface area contributed by atoms with E-state index in [4.69, 9.17) is 5.11 Å². The number of nitrogens with zero attached hydrogens (tertiary/aromatic N) is 1. The quantitative estimate of drug-likeness (QED) is 0.518. The van der Waals surface area contributed by atoms with E-state index < -0.39 is 5.97 Å². The Kier molecular flexibility index (Phi) is 4.80. The SMILES string of the molecule is C=CCNCC(=O)Nc1snc(C)c1C(=O)O. The van der Waals surface area contributed by atoms with Gasteiger partial charge in [0.05, 0.1) is 12.2 Å². The third-order valence-corrected chi connectivity index (χ3v) is 2.76. The van der Waals surface area contributed by atoms with Crippen molar-refractivity contribution in [1.29, 1.82) is 0 Å². The van der Waals surface area contributed by atoms with E-state index in [0.29, 0.717) is 12.2 Å². The molecular weight excluding hydrogens is 242 g/mol. The van der Waals surface area contributed by atoms with Crippen LogP contribution in [-0.2, 0) is 4.79 Å². The predicted molar refractivity (Wildman–Crippen MR) is 65.5 cm³/mol. The molecule has 0 spiro atoms. The van der Waals surface area contributed by atoms with Crippen LogP contribution >= 0.6 is 11.5 Å². The molecule has 0 aliphatic carbocycles. The minimum Gasteiger partial charge on any atom is -0.478 e. The lowest BCUT2D eigenvalue weighted by Gasteiger charge is -2.03. The van der Waals surface area contributed by atoms with Crippen LogP contribution in [0.2, 0.25) is 0 Å². The summed E-state index contributed by atoms with van der Waals surface area (Å²) in [5.74, 6) is -1.40. The Morgan fingerprint density at radius 3 is 2.88 bits per heavy atom. The van der Waals surface area contributed by atoms with Crippen LogP contribution in [0.25, 0.3) is 0 Å². The largest absolute Gasteiger partial charge is 0.478 e. The van der Waals surface area contributed by atoms with Gasteiger partial charge in [-0.3, -0.25) is 4.79 Å². The fourth-order valence-corrected chi connectivity index (χ4v) is 1.97. The summed E-state index contributed by atoms with van der Waals surface area (Å²) in [5, 5.41) is 14.5. The van der Waals surface area contributed by atoms with Gasteiger partial charge in [0.25, 0.3) is 0 Å². The number of anilines is 1. The molecule has 0 atom stereocenters. The van der Waals surface area contributed by atoms with Crippen LogP contribution in [-0.4, -0.2) is 34.4 Å². The van der Waals surface area contributed by atoms with Crippen LogP contribution in [0.4, 0.5) is 5.00 Å². The highest BCUT2D eigenvalue weighted by molar-refractivity contribution is 7.11. The Hall–Kier alpha value is -1.73. The molecule has 0 radical (unpaired) electrons. The predicted octanol–water partition coefficient (Wildman–Crippen LogP) is 0.864. The molecule has 1 rings (SSSR count). The zero-order chi connectivity index (χ0) is 12.8. The number of rotatable bonds is 6. The molecule has 6 nitrogen and oxygen atoms in total. The maximum atomic E-state index is 11.4. The van der Waals surface area contributed by atoms with Gasteiger partial charge in [-0.25, -0.2) is 4.79 Å². The molecule has 0 aromatic carbocycles. The second-order valence-electron chi connectivity index (χ2n) is 3.25. The van der Waals surface area contributed by atoms with E-state index in [1.807, 2.05) is 0 Å². The number of carbonyl (C=O) groups is 2. The minimum absolute atomic E-state index is 0.0482. The van der Waals surface area contributed by atoms with Crippen LogP contribution in [0.5, 0.6) is 0 Å². The van der Waals surface area contributed by atoms with Crippen molar-refractivity contribution < 1.29 is 14.7 Å². The number of aryl methyl sites for hydroxylation is 1. The number of aromatic carboxylic acids is 1. The molecule has 92 valence electrons. The van der Waals surface area contributed by atoms with Crippen molar-refractivity contribution in [1.82, 2.24) is 9.69 Å². The van der Waals surface area contributed by atoms with Crippen molar-refractivity contribution in [2.24, 2.45) is 0 Å². The summed E-state index contributed by atoms with van der Waals surface area (Å²) in [6, 6.07) is 0. The highest BCUT2D eigenvalue weighted by Gasteiger charge is 2.18. The zero-order valence-corrected chi connectivity index (χ0v) is 10.1. The number of aromatic nitrogens is 1. The Balaban J connectivity index is 2.65. The van der Waals surface area contributed by atoms with E-state index in [-0.39, 0.29) is 23.0 Å². The number of amides is 1. The Morgan fingerprint density at radius 1 is 1.59 bits per heavy atom. The van der Waals surface area contributed by atoms with Crippen molar-refractivity contribution in [3.63, 3.8) is 0 Å². The van der Waals surface area contributed by atoms with Crippen LogP contribution in [0, 0.1) is 6.92 Å². The summed E-state index contributed by atoms with van der Waals surface area (Å²) in [6.07, 6.45) is 1.63. The molecule has 0 saturated carbocycles. The van der Waals surface area contributed by atoms with Gasteiger partial charge in [0.2, 0.25) is 5.91 Å². The van der Waals surface area contributed by atoms with Crippen LogP contribution < -0.4 is 10.6 Å². The maximum absolute atomic E-state index is 11.4. The molecule has 1 aromatic heterocycles. The normalized spacial score (nSPS) is 9.94. The third kappa shape index (κ3) is 3.65. The van der Waals surface area contributed by atoms with Crippen LogP contribution in [0.15, 0.2) is 12.7 Å². The molecular formula is C10H13N3O3S. The van der Waals surface area contributed by atoms with Gasteiger partial charge < -0.3 is 15.7 Å². The summed E-state index contributed by atoms with van der Waals surface area (Å²) in [5.41, 5.74) is 0.448. The van der Waals surface area contributed by atoms with E-state index >= 15 is 0 Å². The molecule has 0 saturated heterocycles. The number of carbonyl (C=O) groups excluding carboxylic acids is 1. The highest BCUT2D eigenvalue weighted by Crippen LogP contribution is 2.24. The van der Waals surface area contributed by atoms with Gasteiger partial charge in [0.15, 0.2) is 0 Å². The molecule has 17 heavy (non-hydrogen) atoms. The maximum Gasteiger partial charge on any atom is 0.340 e. The van der Waals surface area contributed by atoms with E-state index in [2.05, 4.69) is 21.6 Å². The van der Waals surface area contributed by atoms with Gasteiger partial charge in [-0.15, -0.1) is 6.58 Å². The molecule has 7 heteroatoms. The first-order chi connectivity index (χ1) is 8.06. The fraction of sp³-hybridized carbons (Fsp3) is 0.300. The second-order valence-corrected chi connectivity index (χ2v) is 4.02. The molecule has 0 unspecified atom stereocenters. The van der Waals surface area contributed by atoms with Gasteiger partial charge >= 0.3 is 5.97 Å². The summed E-state index contributed by atoms with van der Waals surface area (Å²) >= 11 is 0.961. The standard InChI is InChI=1S/C10H13N3O3S/c1-3-4-11-5-7(14)12-9-8(10(15)16)6(2)13-17-9/h3,11H,1,4-5H2,2H3,(H,12,14)(H,15,16). The van der Waals surface area contributed by atoms with Gasteiger partial charge in [-0.1, -0.05) is 6.08 Å². The topological polar surface area (TPSA) is 91.3 Å². The van der Waals surface area contributed by atoms with Crippen molar-refractivity contribution in [2.45, 2.75) is 6.92 Å². The van der Waals surface area contributed by atoms with E-state index in [0.717, 1.165) is 11.5 Å². The first-order valence-electron chi connectivity index (χ1n) is 4.87. The lowest BCUT2D eigenvalue weighted by Crippen LogP contribution is -2.28. The highest BCUT2D eigenvalue weighted by atomic mass is 32.1. The minimum atomic E-state index is -1.09. The molecule has 0 fully saturated rings. The van der Waals surface area contributed by atoms with Gasteiger partial charge in [0, 0.05) is 6.54 Å². The summed E-state index contributed by atoms with van der Waals surface area (Å²) in [4.78, 5) is 22.4. The van der Waals surface area contributed by atoms with E-state index in [9.17, 15) is 9.59 Å². The van der Waals surface area contributed by atoms with Gasteiger partial charge in [-0.2, -0.15) is 4.37 Å². The van der Waals surface area contributed by atoms with Crippen molar-refractivity contribution in [2.75, 3.05) is 18.4 Å². The summed E-state index contributed by atoms with van der Waals surface area (Å²) < 4.78 is 3.90. The van der Waals surface area contributed by atoms with Gasteiger partial charge in [-0.05, 0) is 18.5 Å². The first-order valence-corrected chi connectivity index (χ1v) is 5.64. The molecule has 0 bridgehead atoms. The second kappa shape index (κ2) is 6.12. The number of carboxylic acid groups (broad SMARTS) is 1. The Labute approximate surface area is 103 Å². The Bertz CT molecular complexity index is 442. The lowest BCUT2D eigenvalue weighted by atomic mass is 10.2. The van der Waals surface area contributed by atoms with Crippen LogP contribution in [0.1, 0.15) is 16.1 Å². The zero-order valence-electron chi connectivity index (χ0n) is 9.32. The number of carboxylic acids is 1. The van der Waals surface area contributed by atoms with Crippen molar-refractivity contribution in [3.8, 4) is 0 Å². The fourth-order valence-electron chi connectivity index (χ4n) is 1.17. The molecule has 1 aromatic rings. The molecule has 0 aliphatic rings.